The van der Waals surface area contributed by atoms with Gasteiger partial charge in [0.15, 0.2) is 0 Å². The summed E-state index contributed by atoms with van der Waals surface area (Å²) < 4.78 is 0. The Morgan fingerprint density at radius 3 is 1.68 bits per heavy atom. The Labute approximate surface area is 464 Å². The van der Waals surface area contributed by atoms with Gasteiger partial charge in [0, 0.05) is 19.6 Å². The predicted molar refractivity (Wildman–Crippen MR) is 334 cm³/mol. The lowest BCUT2D eigenvalue weighted by atomic mass is 9.36. The van der Waals surface area contributed by atoms with E-state index in [1.807, 2.05) is 23.5 Å². The fourth-order valence-corrected chi connectivity index (χ4v) is 15.8. The van der Waals surface area contributed by atoms with Crippen molar-refractivity contribution in [3.8, 4) is 44.5 Å². The third-order valence-electron chi connectivity index (χ3n) is 17.3. The molecule has 2 aliphatic heterocycles. The summed E-state index contributed by atoms with van der Waals surface area (Å²) in [4.78, 5) is 5.50. The van der Waals surface area contributed by atoms with Gasteiger partial charge in [-0.25, -0.2) is 0 Å². The molecule has 0 bridgehead atoms. The molecule has 10 aromatic carbocycles. The highest BCUT2D eigenvalue weighted by Crippen LogP contribution is 2.48. The molecule has 0 saturated carbocycles. The van der Waals surface area contributed by atoms with Crippen LogP contribution < -0.4 is 16.4 Å². The zero-order valence-electron chi connectivity index (χ0n) is 45.1. The van der Waals surface area contributed by atoms with E-state index in [-0.39, 0.29) is 17.5 Å². The monoisotopic (exact) mass is 1030 g/mol. The Morgan fingerprint density at radius 1 is 0.455 bits per heavy atom. The lowest BCUT2D eigenvalue weighted by Crippen LogP contribution is -2.58. The summed E-state index contributed by atoms with van der Waals surface area (Å²) in [6.45, 7) is 14.3. The largest absolute Gasteiger partial charge is 0.247 e. The molecule has 10 aromatic rings. The van der Waals surface area contributed by atoms with Crippen LogP contribution in [0.3, 0.4) is 0 Å². The van der Waals surface area contributed by atoms with E-state index >= 15 is 0 Å². The molecule has 0 fully saturated rings. The molecule has 0 spiro atoms. The highest BCUT2D eigenvalue weighted by atomic mass is 32.2. The molecule has 77 heavy (non-hydrogen) atoms. The van der Waals surface area contributed by atoms with Crippen molar-refractivity contribution in [1.82, 2.24) is 0 Å². The summed E-state index contributed by atoms with van der Waals surface area (Å²) in [5, 5.41) is 5.09. The van der Waals surface area contributed by atoms with Crippen LogP contribution in [0, 0.1) is 5.92 Å². The fraction of sp³-hybridized carbons (Fsp3) is 0.189. The Morgan fingerprint density at radius 2 is 1.00 bits per heavy atom. The van der Waals surface area contributed by atoms with Gasteiger partial charge in [-0.2, -0.15) is 0 Å². The lowest BCUT2D eigenvalue weighted by Gasteiger charge is -2.33. The molecular formula is C74H63BS2. The van der Waals surface area contributed by atoms with Gasteiger partial charge in [0.25, 0.3) is 0 Å². The number of hydrogen-bond acceptors (Lipinski definition) is 2. The van der Waals surface area contributed by atoms with E-state index in [1.165, 1.54) is 142 Å². The van der Waals surface area contributed by atoms with E-state index in [1.54, 1.807) is 5.57 Å². The first-order valence-corrected chi connectivity index (χ1v) is 29.6. The average Bonchev–Trinajstić information content (AvgIpc) is 3.77. The molecule has 0 amide bonds. The maximum Gasteiger partial charge on any atom is 0.247 e. The Bertz CT molecular complexity index is 4010. The maximum absolute atomic E-state index is 2.58. The van der Waals surface area contributed by atoms with Crippen LogP contribution in [0.25, 0.3) is 71.6 Å². The Hall–Kier alpha value is -7.04. The van der Waals surface area contributed by atoms with Gasteiger partial charge in [-0.3, -0.25) is 0 Å². The highest BCUT2D eigenvalue weighted by molar-refractivity contribution is 8.01. The van der Waals surface area contributed by atoms with E-state index in [9.17, 15) is 0 Å². The van der Waals surface area contributed by atoms with Gasteiger partial charge >= 0.3 is 0 Å². The summed E-state index contributed by atoms with van der Waals surface area (Å²) in [7, 11) is 0. The summed E-state index contributed by atoms with van der Waals surface area (Å²) in [5.74, 6) is 0.528. The van der Waals surface area contributed by atoms with Crippen LogP contribution in [0.1, 0.15) is 88.6 Å². The molecule has 2 heterocycles. The average molecular weight is 1030 g/mol. The number of rotatable bonds is 6. The number of benzene rings is 10. The van der Waals surface area contributed by atoms with Crippen molar-refractivity contribution in [1.29, 1.82) is 0 Å². The van der Waals surface area contributed by atoms with Crippen molar-refractivity contribution in [2.75, 3.05) is 0 Å². The zero-order valence-corrected chi connectivity index (χ0v) is 46.8. The molecule has 1 atom stereocenters. The van der Waals surface area contributed by atoms with Crippen LogP contribution in [0.2, 0.25) is 0 Å². The predicted octanol–water partition coefficient (Wildman–Crippen LogP) is 18.6. The van der Waals surface area contributed by atoms with E-state index in [0.717, 1.165) is 25.7 Å². The van der Waals surface area contributed by atoms with Crippen LogP contribution >= 0.6 is 23.5 Å². The zero-order chi connectivity index (χ0) is 52.2. The molecule has 0 aromatic heterocycles. The molecule has 0 N–H and O–H groups in total. The molecule has 0 nitrogen and oxygen atoms in total. The summed E-state index contributed by atoms with van der Waals surface area (Å²) in [5.41, 5.74) is 24.6. The maximum atomic E-state index is 2.58. The van der Waals surface area contributed by atoms with Crippen molar-refractivity contribution < 1.29 is 0 Å². The number of fused-ring (bicyclic) bond motifs is 8. The molecule has 2 aliphatic carbocycles. The normalized spacial score (nSPS) is 15.7. The first kappa shape index (κ1) is 48.3. The van der Waals surface area contributed by atoms with Crippen molar-refractivity contribution in [2.45, 2.75) is 104 Å². The van der Waals surface area contributed by atoms with Gasteiger partial charge in [0.05, 0.1) is 0 Å². The van der Waals surface area contributed by atoms with Gasteiger partial charge < -0.3 is 0 Å². The number of hydrogen-bond donors (Lipinski definition) is 0. The minimum atomic E-state index is -0.0241. The standard InChI is InChI=1S/C74H63BS2/c1-73(2,3)55-41-52(42-56(45-55)74(4,5)6)50-38-51(40-54(39-50)71-62-28-16-14-26-60(62)70(48-21-8-7-9-22-48)61-27-15-17-29-63(61)71)53-43-68-72-69(44-53)77-67-37-46(32-35-65(67)75(72)64-30-18-19-31-66(64)76-68)36-49-34-33-47-20-10-11-23-57(47)59-25-13-12-24-58(49)59/h7-11,13-23,25-32,35,37-45,49H,12,24,33-34,36H2,1-6H3. The minimum absolute atomic E-state index is 0.0241. The molecule has 0 radical (unpaired) electrons. The van der Waals surface area contributed by atoms with Gasteiger partial charge in [-0.15, -0.1) is 0 Å². The van der Waals surface area contributed by atoms with Crippen LogP contribution in [-0.2, 0) is 23.7 Å². The third-order valence-corrected chi connectivity index (χ3v) is 19.5. The topological polar surface area (TPSA) is 0 Å². The van der Waals surface area contributed by atoms with Crippen LogP contribution in [0.4, 0.5) is 0 Å². The Balaban J connectivity index is 0.957. The van der Waals surface area contributed by atoms with Gasteiger partial charge in [-0.05, 0) is 196 Å². The quantitative estimate of drug-likeness (QED) is 0.120. The minimum Gasteiger partial charge on any atom is -0.0911 e. The van der Waals surface area contributed by atoms with E-state index in [2.05, 4.69) is 248 Å². The Kier molecular flexibility index (Phi) is 11.8. The molecular weight excluding hydrogens is 964 g/mol. The third kappa shape index (κ3) is 8.57. The summed E-state index contributed by atoms with van der Waals surface area (Å²) in [6.07, 6.45) is 10.5. The molecule has 14 rings (SSSR count). The first-order valence-electron chi connectivity index (χ1n) is 28.0. The van der Waals surface area contributed by atoms with Crippen molar-refractivity contribution in [3.05, 3.63) is 240 Å². The van der Waals surface area contributed by atoms with Crippen LogP contribution in [-0.4, -0.2) is 6.71 Å². The fourth-order valence-electron chi connectivity index (χ4n) is 13.3. The van der Waals surface area contributed by atoms with Gasteiger partial charge in [0.2, 0.25) is 6.71 Å². The smallest absolute Gasteiger partial charge is 0.0911 e. The van der Waals surface area contributed by atoms with Crippen LogP contribution in [0.5, 0.6) is 0 Å². The summed E-state index contributed by atoms with van der Waals surface area (Å²) in [6, 6.07) is 75.1. The molecule has 4 aliphatic rings. The van der Waals surface area contributed by atoms with Crippen molar-refractivity contribution >= 4 is 73.7 Å². The molecule has 0 saturated heterocycles. The van der Waals surface area contributed by atoms with Gasteiger partial charge in [0.1, 0.15) is 0 Å². The molecule has 3 heteroatoms. The highest BCUT2D eigenvalue weighted by Gasteiger charge is 2.39. The first-order chi connectivity index (χ1) is 37.4. The van der Waals surface area contributed by atoms with Crippen molar-refractivity contribution in [3.63, 3.8) is 0 Å². The van der Waals surface area contributed by atoms with Gasteiger partial charge in [-0.1, -0.05) is 245 Å². The van der Waals surface area contributed by atoms with E-state index in [0.29, 0.717) is 5.92 Å². The van der Waals surface area contributed by atoms with E-state index in [4.69, 9.17) is 0 Å². The number of allylic oxidation sites excluding steroid dienone is 4. The SMILES string of the molecule is CC(C)(C)c1cc(-c2cc(-c3cc4c5c(c3)Sc3cc(CC6CCc7ccccc7C7=C6CCC=C7)ccc3B5c3ccccc3S4)cc(-c3c4ccccc4c(-c4ccccc4)c4ccccc34)c2)cc(C(C)(C)C)c1. The number of aryl methyl sites for hydroxylation is 1. The second-order valence-corrected chi connectivity index (χ2v) is 26.4. The summed E-state index contributed by atoms with van der Waals surface area (Å²) >= 11 is 3.96. The second kappa shape index (κ2) is 18.9. The van der Waals surface area contributed by atoms with Crippen molar-refractivity contribution in [2.24, 2.45) is 5.92 Å². The molecule has 1 unspecified atom stereocenters. The van der Waals surface area contributed by atoms with E-state index < -0.39 is 0 Å². The van der Waals surface area contributed by atoms with Crippen LogP contribution in [0.15, 0.2) is 231 Å². The molecule has 374 valence electrons. The second-order valence-electron chi connectivity index (χ2n) is 24.2. The lowest BCUT2D eigenvalue weighted by molar-refractivity contribution is 0.543.